The van der Waals surface area contributed by atoms with Gasteiger partial charge >= 0.3 is 0 Å². The molecule has 17 heavy (non-hydrogen) atoms. The van der Waals surface area contributed by atoms with Crippen LogP contribution in [0.5, 0.6) is 5.75 Å². The highest BCUT2D eigenvalue weighted by Crippen LogP contribution is 2.37. The zero-order valence-electron chi connectivity index (χ0n) is 11.6. The number of phenols is 1. The predicted molar refractivity (Wildman–Crippen MR) is 80.2 cm³/mol. The lowest BCUT2D eigenvalue weighted by Crippen LogP contribution is -2.17. The van der Waals surface area contributed by atoms with Gasteiger partial charge in [-0.1, -0.05) is 53.7 Å². The van der Waals surface area contributed by atoms with E-state index in [2.05, 4.69) is 53.7 Å². The molecule has 0 unspecified atom stereocenters. The molecule has 0 radical (unpaired) electrons. The van der Waals surface area contributed by atoms with E-state index in [1.165, 1.54) is 5.56 Å². The molecule has 1 aromatic carbocycles. The Morgan fingerprint density at radius 1 is 0.882 bits per heavy atom. The van der Waals surface area contributed by atoms with Gasteiger partial charge in [0.1, 0.15) is 5.75 Å². The molecule has 0 spiro atoms. The second-order valence-electron chi connectivity index (χ2n) is 6.69. The molecular weight excluding hydrogens is 223 g/mol. The van der Waals surface area contributed by atoms with Gasteiger partial charge in [-0.2, -0.15) is 0 Å². The molecule has 0 amide bonds. The van der Waals surface area contributed by atoms with Crippen molar-refractivity contribution in [2.24, 2.45) is 0 Å². The minimum Gasteiger partial charge on any atom is -0.507 e. The number of phenolic OH excluding ortho intramolecular Hbond substituents is 1. The van der Waals surface area contributed by atoms with E-state index in [4.69, 9.17) is 0 Å². The van der Waals surface area contributed by atoms with Gasteiger partial charge in [-0.05, 0) is 34.4 Å². The van der Waals surface area contributed by atoms with Crippen LogP contribution in [-0.4, -0.2) is 22.5 Å². The fourth-order valence-electron chi connectivity index (χ4n) is 1.78. The summed E-state index contributed by atoms with van der Waals surface area (Å²) in [5.74, 6) is 0.445. The Morgan fingerprint density at radius 3 is 1.71 bits per heavy atom. The third kappa shape index (κ3) is 3.76. The first-order valence-electron chi connectivity index (χ1n) is 5.88. The Balaban J connectivity index is 0.00000256. The fourth-order valence-corrected chi connectivity index (χ4v) is 1.78. The summed E-state index contributed by atoms with van der Waals surface area (Å²) >= 11 is 0. The minimum atomic E-state index is -0.0178. The normalized spacial score (nSPS) is 12.2. The van der Waals surface area contributed by atoms with E-state index in [1.54, 1.807) is 0 Å². The molecule has 0 aromatic heterocycles. The maximum Gasteiger partial charge on any atom is 0.187 e. The van der Waals surface area contributed by atoms with E-state index in [-0.39, 0.29) is 28.2 Å². The Morgan fingerprint density at radius 2 is 1.35 bits per heavy atom. The number of benzene rings is 1. The average molecular weight is 250 g/mol. The number of hydrogen-bond donors (Lipinski definition) is 1. The third-order valence-electron chi connectivity index (χ3n) is 2.97. The van der Waals surface area contributed by atoms with Gasteiger partial charge in [-0.25, -0.2) is 0 Å². The average Bonchev–Trinajstić information content (AvgIpc) is 2.05. The highest BCUT2D eigenvalue weighted by atomic mass is 27.0. The van der Waals surface area contributed by atoms with Crippen LogP contribution in [0, 0.1) is 6.92 Å². The maximum absolute atomic E-state index is 10.1. The lowest BCUT2D eigenvalue weighted by Gasteiger charge is -2.26. The van der Waals surface area contributed by atoms with Crippen LogP contribution in [0.4, 0.5) is 0 Å². The summed E-state index contributed by atoms with van der Waals surface area (Å²) < 4.78 is 0. The zero-order chi connectivity index (χ0) is 12.7. The van der Waals surface area contributed by atoms with Crippen LogP contribution in [0.15, 0.2) is 12.1 Å². The second-order valence-corrected chi connectivity index (χ2v) is 6.69. The van der Waals surface area contributed by atoms with Crippen LogP contribution < -0.4 is 0 Å². The highest BCUT2D eigenvalue weighted by Gasteiger charge is 2.23. The first kappa shape index (κ1) is 16.6. The molecule has 1 aromatic rings. The molecule has 0 saturated heterocycles. The van der Waals surface area contributed by atoms with Crippen LogP contribution in [0.1, 0.15) is 58.2 Å². The molecule has 0 bridgehead atoms. The summed E-state index contributed by atoms with van der Waals surface area (Å²) in [5, 5.41) is 10.1. The van der Waals surface area contributed by atoms with Gasteiger partial charge in [-0.3, -0.25) is 0 Å². The van der Waals surface area contributed by atoms with Gasteiger partial charge in [0.25, 0.3) is 0 Å². The number of aromatic hydroxyl groups is 1. The third-order valence-corrected chi connectivity index (χ3v) is 2.97. The molecule has 1 nitrogen and oxygen atoms in total. The van der Waals surface area contributed by atoms with Crippen molar-refractivity contribution in [3.63, 3.8) is 0 Å². The summed E-state index contributed by atoms with van der Waals surface area (Å²) in [5.41, 5.74) is 3.40. The van der Waals surface area contributed by atoms with E-state index in [9.17, 15) is 5.11 Å². The first-order chi connectivity index (χ1) is 7.03. The van der Waals surface area contributed by atoms with Gasteiger partial charge in [0, 0.05) is 0 Å². The van der Waals surface area contributed by atoms with Crippen molar-refractivity contribution in [3.8, 4) is 5.75 Å². The van der Waals surface area contributed by atoms with Crippen LogP contribution in [0.3, 0.4) is 0 Å². The summed E-state index contributed by atoms with van der Waals surface area (Å²) in [6, 6.07) is 4.23. The van der Waals surface area contributed by atoms with Gasteiger partial charge < -0.3 is 5.11 Å². The van der Waals surface area contributed by atoms with E-state index in [0.717, 1.165) is 11.1 Å². The van der Waals surface area contributed by atoms with E-state index < -0.39 is 0 Å². The Hall–Kier alpha value is -0.448. The molecule has 0 aliphatic heterocycles. The van der Waals surface area contributed by atoms with E-state index >= 15 is 0 Å². The molecule has 0 aliphatic carbocycles. The SMILES string of the molecule is Cc1cc(C(C)(C)C)cc(C(C)(C)C)c1O.[AlH3]. The number of rotatable bonds is 0. The van der Waals surface area contributed by atoms with Crippen molar-refractivity contribution in [2.75, 3.05) is 0 Å². The highest BCUT2D eigenvalue weighted by molar-refractivity contribution is 5.75. The van der Waals surface area contributed by atoms with Crippen LogP contribution >= 0.6 is 0 Å². The molecule has 0 atom stereocenters. The topological polar surface area (TPSA) is 20.2 Å². The van der Waals surface area contributed by atoms with Crippen molar-refractivity contribution in [1.29, 1.82) is 0 Å². The Kier molecular flexibility index (Phi) is 4.91. The van der Waals surface area contributed by atoms with Crippen LogP contribution in [0.25, 0.3) is 0 Å². The Bertz CT molecular complexity index is 395. The molecule has 96 valence electrons. The van der Waals surface area contributed by atoms with Gasteiger partial charge in [-0.15, -0.1) is 0 Å². The second kappa shape index (κ2) is 5.04. The smallest absolute Gasteiger partial charge is 0.187 e. The van der Waals surface area contributed by atoms with Crippen molar-refractivity contribution in [3.05, 3.63) is 28.8 Å². The largest absolute Gasteiger partial charge is 0.507 e. The summed E-state index contributed by atoms with van der Waals surface area (Å²) in [6.45, 7) is 15.0. The van der Waals surface area contributed by atoms with Gasteiger partial charge in [0.05, 0.1) is 0 Å². The molecule has 1 N–H and O–H groups in total. The summed E-state index contributed by atoms with van der Waals surface area (Å²) in [6.07, 6.45) is 0. The molecule has 2 heteroatoms. The summed E-state index contributed by atoms with van der Waals surface area (Å²) in [7, 11) is 0. The Labute approximate surface area is 116 Å². The number of hydrogen-bond acceptors (Lipinski definition) is 1. The van der Waals surface area contributed by atoms with E-state index in [1.807, 2.05) is 6.92 Å². The van der Waals surface area contributed by atoms with Crippen LogP contribution in [0.2, 0.25) is 0 Å². The zero-order valence-corrected chi connectivity index (χ0v) is 11.6. The summed E-state index contributed by atoms with van der Waals surface area (Å²) in [4.78, 5) is 0. The lowest BCUT2D eigenvalue weighted by molar-refractivity contribution is 0.440. The van der Waals surface area contributed by atoms with E-state index in [0.29, 0.717) is 5.75 Å². The monoisotopic (exact) mass is 250 g/mol. The molecule has 1 rings (SSSR count). The number of aryl methyl sites for hydroxylation is 1. The molecule has 0 heterocycles. The predicted octanol–water partition coefficient (Wildman–Crippen LogP) is 3.11. The van der Waals surface area contributed by atoms with Gasteiger partial charge in [0.2, 0.25) is 0 Å². The fraction of sp³-hybridized carbons (Fsp3) is 0.600. The lowest BCUT2D eigenvalue weighted by atomic mass is 9.79. The molecule has 0 aliphatic rings. The molecular formula is C15H27AlO. The standard InChI is InChI=1S/C15H24O.Al.3H/c1-10-8-11(14(2,3)4)9-12(13(10)16)15(5,6)7;;;;/h8-9,16H,1-7H3;;;;. The van der Waals surface area contributed by atoms with Crippen molar-refractivity contribution in [1.82, 2.24) is 0 Å². The molecule has 0 saturated carbocycles. The minimum absolute atomic E-state index is 0. The van der Waals surface area contributed by atoms with Crippen LogP contribution in [-0.2, 0) is 10.8 Å². The maximum atomic E-state index is 10.1. The molecule has 0 fully saturated rings. The first-order valence-corrected chi connectivity index (χ1v) is 5.88. The van der Waals surface area contributed by atoms with Crippen molar-refractivity contribution >= 4 is 17.4 Å². The van der Waals surface area contributed by atoms with Gasteiger partial charge in [0.15, 0.2) is 17.4 Å². The van der Waals surface area contributed by atoms with Crippen molar-refractivity contribution < 1.29 is 5.11 Å². The van der Waals surface area contributed by atoms with Crippen molar-refractivity contribution in [2.45, 2.75) is 59.3 Å². The quantitative estimate of drug-likeness (QED) is 0.701.